The zero-order valence-electron chi connectivity index (χ0n) is 13.6. The van der Waals surface area contributed by atoms with Crippen LogP contribution in [0.3, 0.4) is 0 Å². The van der Waals surface area contributed by atoms with E-state index in [-0.39, 0.29) is 12.3 Å². The molecule has 1 atom stereocenters. The number of amides is 1. The Balaban J connectivity index is 2.02. The van der Waals surface area contributed by atoms with Crippen molar-refractivity contribution in [2.24, 2.45) is 0 Å². The van der Waals surface area contributed by atoms with Gasteiger partial charge in [-0.15, -0.1) is 0 Å². The van der Waals surface area contributed by atoms with Gasteiger partial charge in [0.25, 0.3) is 0 Å². The van der Waals surface area contributed by atoms with E-state index in [1.54, 1.807) is 20.3 Å². The van der Waals surface area contributed by atoms with Crippen molar-refractivity contribution in [3.63, 3.8) is 0 Å². The first-order chi connectivity index (χ1) is 11.0. The number of ether oxygens (including phenoxy) is 2. The van der Waals surface area contributed by atoms with Crippen molar-refractivity contribution in [3.05, 3.63) is 23.8 Å². The number of hydrogen-bond donors (Lipinski definition) is 1. The molecule has 0 aliphatic carbocycles. The zero-order valence-corrected chi connectivity index (χ0v) is 13.6. The maximum absolute atomic E-state index is 12.4. The number of carbonyl (C=O) groups is 2. The molecule has 2 rings (SSSR count). The maximum Gasteiger partial charge on any atom is 0.326 e. The zero-order chi connectivity index (χ0) is 16.8. The van der Waals surface area contributed by atoms with Gasteiger partial charge in [-0.2, -0.15) is 0 Å². The summed E-state index contributed by atoms with van der Waals surface area (Å²) in [7, 11) is 3.16. The smallest absolute Gasteiger partial charge is 0.326 e. The fraction of sp³-hybridized carbons (Fsp3) is 0.529. The van der Waals surface area contributed by atoms with Gasteiger partial charge < -0.3 is 19.5 Å². The first-order valence-electron chi connectivity index (χ1n) is 7.79. The van der Waals surface area contributed by atoms with Crippen LogP contribution in [0.15, 0.2) is 18.2 Å². The van der Waals surface area contributed by atoms with Crippen LogP contribution in [0, 0.1) is 0 Å². The van der Waals surface area contributed by atoms with E-state index in [9.17, 15) is 14.7 Å². The van der Waals surface area contributed by atoms with E-state index in [0.29, 0.717) is 30.9 Å². The summed E-state index contributed by atoms with van der Waals surface area (Å²) in [5.74, 6) is 0.321. The van der Waals surface area contributed by atoms with Gasteiger partial charge >= 0.3 is 5.97 Å². The van der Waals surface area contributed by atoms with Crippen molar-refractivity contribution < 1.29 is 24.2 Å². The van der Waals surface area contributed by atoms with Gasteiger partial charge in [0.15, 0.2) is 0 Å². The summed E-state index contributed by atoms with van der Waals surface area (Å²) in [6.45, 7) is 0.525. The van der Waals surface area contributed by atoms with Crippen LogP contribution in [-0.4, -0.2) is 48.7 Å². The molecule has 1 unspecified atom stereocenters. The van der Waals surface area contributed by atoms with Gasteiger partial charge in [0.1, 0.15) is 17.5 Å². The number of aliphatic carboxylic acids is 1. The lowest BCUT2D eigenvalue weighted by molar-refractivity contribution is -0.152. The lowest BCUT2D eigenvalue weighted by Gasteiger charge is -2.33. The first kappa shape index (κ1) is 17.1. The molecule has 0 radical (unpaired) electrons. The lowest BCUT2D eigenvalue weighted by atomic mass is 10.0. The number of benzene rings is 1. The Morgan fingerprint density at radius 2 is 1.83 bits per heavy atom. The standard InChI is InChI=1S/C17H23NO5/c1-22-13-9-12(10-14(11-13)23-2)6-7-16(19)18-8-4-3-5-15(18)17(20)21/h9-11,15H,3-8H2,1-2H3,(H,20,21). The maximum atomic E-state index is 12.4. The number of carboxylic acid groups (broad SMARTS) is 1. The Morgan fingerprint density at radius 1 is 1.17 bits per heavy atom. The molecule has 0 spiro atoms. The number of carboxylic acids is 1. The summed E-state index contributed by atoms with van der Waals surface area (Å²) in [5, 5.41) is 9.25. The van der Waals surface area contributed by atoms with E-state index in [2.05, 4.69) is 0 Å². The summed E-state index contributed by atoms with van der Waals surface area (Å²) in [5.41, 5.74) is 0.929. The fourth-order valence-electron chi connectivity index (χ4n) is 2.89. The summed E-state index contributed by atoms with van der Waals surface area (Å²) < 4.78 is 10.4. The Bertz CT molecular complexity index is 550. The summed E-state index contributed by atoms with van der Waals surface area (Å²) in [6.07, 6.45) is 3.06. The molecule has 23 heavy (non-hydrogen) atoms. The summed E-state index contributed by atoms with van der Waals surface area (Å²) >= 11 is 0. The minimum atomic E-state index is -0.916. The molecule has 1 saturated heterocycles. The first-order valence-corrected chi connectivity index (χ1v) is 7.79. The number of likely N-dealkylation sites (tertiary alicyclic amines) is 1. The summed E-state index contributed by atoms with van der Waals surface area (Å²) in [4.78, 5) is 25.2. The molecule has 6 heteroatoms. The van der Waals surface area contributed by atoms with Crippen molar-refractivity contribution in [2.45, 2.75) is 38.1 Å². The van der Waals surface area contributed by atoms with Crippen molar-refractivity contribution in [1.29, 1.82) is 0 Å². The van der Waals surface area contributed by atoms with Crippen molar-refractivity contribution in [2.75, 3.05) is 20.8 Å². The van der Waals surface area contributed by atoms with E-state index >= 15 is 0 Å². The second-order valence-corrected chi connectivity index (χ2v) is 5.66. The molecule has 1 aromatic rings. The third-order valence-electron chi connectivity index (χ3n) is 4.15. The normalized spacial score (nSPS) is 17.7. The number of aryl methyl sites for hydroxylation is 1. The van der Waals surface area contributed by atoms with E-state index in [4.69, 9.17) is 9.47 Å². The number of nitrogens with zero attached hydrogens (tertiary/aromatic N) is 1. The quantitative estimate of drug-likeness (QED) is 0.868. The predicted molar refractivity (Wildman–Crippen MR) is 84.9 cm³/mol. The molecule has 126 valence electrons. The molecular formula is C17H23NO5. The highest BCUT2D eigenvalue weighted by atomic mass is 16.5. The average Bonchev–Trinajstić information content (AvgIpc) is 2.59. The van der Waals surface area contributed by atoms with Gasteiger partial charge in [0.05, 0.1) is 14.2 Å². The molecular weight excluding hydrogens is 298 g/mol. The monoisotopic (exact) mass is 321 g/mol. The van der Waals surface area contributed by atoms with E-state index in [1.165, 1.54) is 4.90 Å². The van der Waals surface area contributed by atoms with Gasteiger partial charge in [-0.1, -0.05) is 0 Å². The number of carbonyl (C=O) groups excluding carboxylic acids is 1. The molecule has 0 aromatic heterocycles. The van der Waals surface area contributed by atoms with Gasteiger partial charge in [0.2, 0.25) is 5.91 Å². The minimum Gasteiger partial charge on any atom is -0.497 e. The van der Waals surface area contributed by atoms with Gasteiger partial charge in [0, 0.05) is 19.0 Å². The molecule has 1 N–H and O–H groups in total. The molecule has 1 aliphatic rings. The van der Waals surface area contributed by atoms with Gasteiger partial charge in [-0.3, -0.25) is 4.79 Å². The van der Waals surface area contributed by atoms with Crippen LogP contribution in [0.5, 0.6) is 11.5 Å². The average molecular weight is 321 g/mol. The van der Waals surface area contributed by atoms with Gasteiger partial charge in [-0.25, -0.2) is 4.79 Å². The lowest BCUT2D eigenvalue weighted by Crippen LogP contribution is -2.48. The predicted octanol–water partition coefficient (Wildman–Crippen LogP) is 2.10. The Morgan fingerprint density at radius 3 is 2.39 bits per heavy atom. The Labute approximate surface area is 136 Å². The highest BCUT2D eigenvalue weighted by Crippen LogP contribution is 2.24. The number of methoxy groups -OCH3 is 2. The molecule has 1 heterocycles. The van der Waals surface area contributed by atoms with Crippen LogP contribution in [0.25, 0.3) is 0 Å². The van der Waals surface area contributed by atoms with Crippen LogP contribution >= 0.6 is 0 Å². The number of piperidine rings is 1. The van der Waals surface area contributed by atoms with Crippen molar-refractivity contribution >= 4 is 11.9 Å². The molecule has 6 nitrogen and oxygen atoms in total. The van der Waals surface area contributed by atoms with Crippen LogP contribution in [-0.2, 0) is 16.0 Å². The van der Waals surface area contributed by atoms with E-state index < -0.39 is 12.0 Å². The van der Waals surface area contributed by atoms with Crippen LogP contribution in [0.2, 0.25) is 0 Å². The third-order valence-corrected chi connectivity index (χ3v) is 4.15. The van der Waals surface area contributed by atoms with E-state index in [0.717, 1.165) is 18.4 Å². The van der Waals surface area contributed by atoms with E-state index in [1.807, 2.05) is 12.1 Å². The highest BCUT2D eigenvalue weighted by molar-refractivity contribution is 5.84. The minimum absolute atomic E-state index is 0.112. The second kappa shape index (κ2) is 7.85. The SMILES string of the molecule is COc1cc(CCC(=O)N2CCCCC2C(=O)O)cc(OC)c1. The van der Waals surface area contributed by atoms with Crippen LogP contribution in [0.4, 0.5) is 0 Å². The molecule has 1 fully saturated rings. The molecule has 0 saturated carbocycles. The highest BCUT2D eigenvalue weighted by Gasteiger charge is 2.31. The van der Waals surface area contributed by atoms with Gasteiger partial charge in [-0.05, 0) is 43.4 Å². The van der Waals surface area contributed by atoms with Crippen LogP contribution in [0.1, 0.15) is 31.2 Å². The summed E-state index contributed by atoms with van der Waals surface area (Å²) in [6, 6.07) is 4.81. The third kappa shape index (κ3) is 4.37. The number of rotatable bonds is 6. The molecule has 1 aliphatic heterocycles. The Kier molecular flexibility index (Phi) is 5.84. The van der Waals surface area contributed by atoms with Crippen LogP contribution < -0.4 is 9.47 Å². The molecule has 1 amide bonds. The second-order valence-electron chi connectivity index (χ2n) is 5.66. The number of hydrogen-bond acceptors (Lipinski definition) is 4. The fourth-order valence-corrected chi connectivity index (χ4v) is 2.89. The largest absolute Gasteiger partial charge is 0.497 e. The molecule has 1 aromatic carbocycles. The topological polar surface area (TPSA) is 76.1 Å². The van der Waals surface area contributed by atoms with Crippen molar-refractivity contribution in [3.8, 4) is 11.5 Å². The van der Waals surface area contributed by atoms with Crippen molar-refractivity contribution in [1.82, 2.24) is 4.90 Å². The Hall–Kier alpha value is -2.24. The molecule has 0 bridgehead atoms.